The Morgan fingerprint density at radius 1 is 1.05 bits per heavy atom. The zero-order valence-electron chi connectivity index (χ0n) is 12.2. The van der Waals surface area contributed by atoms with Gasteiger partial charge in [0.1, 0.15) is 6.33 Å². The van der Waals surface area contributed by atoms with Crippen LogP contribution >= 0.6 is 0 Å². The molecule has 0 aliphatic carbocycles. The molecule has 0 radical (unpaired) electrons. The third kappa shape index (κ3) is 2.18. The van der Waals surface area contributed by atoms with Crippen molar-refractivity contribution in [3.8, 4) is 5.69 Å². The minimum Gasteiger partial charge on any atom is -0.478 e. The second-order valence-corrected chi connectivity index (χ2v) is 5.34. The van der Waals surface area contributed by atoms with Crippen molar-refractivity contribution in [3.63, 3.8) is 0 Å². The average Bonchev–Trinajstić information content (AvgIpc) is 2.81. The van der Waals surface area contributed by atoms with Gasteiger partial charge in [-0.2, -0.15) is 0 Å². The molecule has 0 saturated heterocycles. The molecule has 0 fully saturated rings. The van der Waals surface area contributed by atoms with E-state index in [1.165, 1.54) is 11.1 Å². The summed E-state index contributed by atoms with van der Waals surface area (Å²) in [6.07, 6.45) is 1.78. The Bertz CT molecular complexity index is 863. The van der Waals surface area contributed by atoms with Crippen LogP contribution in [-0.4, -0.2) is 20.6 Å². The summed E-state index contributed by atoms with van der Waals surface area (Å²) in [6.45, 7) is 5.95. The van der Waals surface area contributed by atoms with Gasteiger partial charge < -0.3 is 5.11 Å². The standard InChI is InChI=1S/C17H16N2O2/c1-10-7-15-16(8-11(10)2)19(9-18-15)13-4-5-14(17(20)21)12(3)6-13/h4-9H,1-3H3,(H,20,21). The molecule has 3 rings (SSSR count). The lowest BCUT2D eigenvalue weighted by Crippen LogP contribution is -2.01. The van der Waals surface area contributed by atoms with Gasteiger partial charge in [-0.15, -0.1) is 0 Å². The minimum absolute atomic E-state index is 0.329. The first kappa shape index (κ1) is 13.4. The summed E-state index contributed by atoms with van der Waals surface area (Å²) in [6, 6.07) is 9.50. The molecule has 1 aromatic heterocycles. The second-order valence-electron chi connectivity index (χ2n) is 5.34. The summed E-state index contributed by atoms with van der Waals surface area (Å²) in [7, 11) is 0. The van der Waals surface area contributed by atoms with Crippen molar-refractivity contribution < 1.29 is 9.90 Å². The fraction of sp³-hybridized carbons (Fsp3) is 0.176. The predicted octanol–water partition coefficient (Wildman–Crippen LogP) is 3.65. The van der Waals surface area contributed by atoms with E-state index in [1.807, 2.05) is 23.6 Å². The van der Waals surface area contributed by atoms with Crippen LogP contribution in [0.25, 0.3) is 16.7 Å². The van der Waals surface area contributed by atoms with E-state index in [-0.39, 0.29) is 0 Å². The lowest BCUT2D eigenvalue weighted by Gasteiger charge is -2.08. The van der Waals surface area contributed by atoms with Crippen molar-refractivity contribution in [1.82, 2.24) is 9.55 Å². The van der Waals surface area contributed by atoms with Gasteiger partial charge in [-0.3, -0.25) is 4.57 Å². The zero-order valence-corrected chi connectivity index (χ0v) is 12.2. The molecule has 4 heteroatoms. The fourth-order valence-electron chi connectivity index (χ4n) is 2.51. The molecule has 0 aliphatic rings. The normalized spacial score (nSPS) is 11.0. The van der Waals surface area contributed by atoms with Crippen LogP contribution in [-0.2, 0) is 0 Å². The maximum Gasteiger partial charge on any atom is 0.335 e. The maximum absolute atomic E-state index is 11.1. The van der Waals surface area contributed by atoms with Crippen molar-refractivity contribution >= 4 is 17.0 Å². The van der Waals surface area contributed by atoms with Gasteiger partial charge in [0.2, 0.25) is 0 Å². The Kier molecular flexibility index (Phi) is 3.01. The van der Waals surface area contributed by atoms with Crippen LogP contribution in [0.2, 0.25) is 0 Å². The summed E-state index contributed by atoms with van der Waals surface area (Å²) in [5, 5.41) is 9.11. The molecule has 0 saturated carbocycles. The van der Waals surface area contributed by atoms with Gasteiger partial charge in [-0.25, -0.2) is 9.78 Å². The molecular weight excluding hydrogens is 264 g/mol. The number of hydrogen-bond donors (Lipinski definition) is 1. The molecule has 1 N–H and O–H groups in total. The molecule has 0 aliphatic heterocycles. The highest BCUT2D eigenvalue weighted by atomic mass is 16.4. The number of rotatable bonds is 2. The second kappa shape index (κ2) is 4.74. The number of aromatic carboxylic acids is 1. The van der Waals surface area contributed by atoms with Crippen LogP contribution in [0.5, 0.6) is 0 Å². The van der Waals surface area contributed by atoms with Crippen LogP contribution in [0.4, 0.5) is 0 Å². The van der Waals surface area contributed by atoms with Crippen molar-refractivity contribution in [2.45, 2.75) is 20.8 Å². The summed E-state index contributed by atoms with van der Waals surface area (Å²) < 4.78 is 1.99. The summed E-state index contributed by atoms with van der Waals surface area (Å²) >= 11 is 0. The highest BCUT2D eigenvalue weighted by molar-refractivity contribution is 5.89. The Morgan fingerprint density at radius 2 is 1.76 bits per heavy atom. The number of nitrogens with zero attached hydrogens (tertiary/aromatic N) is 2. The highest BCUT2D eigenvalue weighted by Crippen LogP contribution is 2.23. The van der Waals surface area contributed by atoms with E-state index in [2.05, 4.69) is 31.0 Å². The quantitative estimate of drug-likeness (QED) is 0.779. The topological polar surface area (TPSA) is 55.1 Å². The third-order valence-corrected chi connectivity index (χ3v) is 3.88. The van der Waals surface area contributed by atoms with Gasteiger partial charge in [0.05, 0.1) is 16.6 Å². The SMILES string of the molecule is Cc1cc2ncn(-c3ccc(C(=O)O)c(C)c3)c2cc1C. The molecule has 0 bridgehead atoms. The first-order chi connectivity index (χ1) is 9.97. The third-order valence-electron chi connectivity index (χ3n) is 3.88. The van der Waals surface area contributed by atoms with E-state index >= 15 is 0 Å². The maximum atomic E-state index is 11.1. The predicted molar refractivity (Wildman–Crippen MR) is 82.2 cm³/mol. The van der Waals surface area contributed by atoms with Crippen LogP contribution in [0.3, 0.4) is 0 Å². The van der Waals surface area contributed by atoms with Gasteiger partial charge >= 0.3 is 5.97 Å². The number of carboxylic acid groups (broad SMARTS) is 1. The fourth-order valence-corrected chi connectivity index (χ4v) is 2.51. The molecular formula is C17H16N2O2. The molecule has 21 heavy (non-hydrogen) atoms. The van der Waals surface area contributed by atoms with Crippen molar-refractivity contribution in [2.75, 3.05) is 0 Å². The Morgan fingerprint density at radius 3 is 2.43 bits per heavy atom. The average molecular weight is 280 g/mol. The van der Waals surface area contributed by atoms with Crippen LogP contribution in [0.15, 0.2) is 36.7 Å². The Balaban J connectivity index is 2.19. The number of hydrogen-bond acceptors (Lipinski definition) is 2. The summed E-state index contributed by atoms with van der Waals surface area (Å²) in [5.74, 6) is -0.902. The van der Waals surface area contributed by atoms with Crippen LogP contribution in [0, 0.1) is 20.8 Å². The zero-order chi connectivity index (χ0) is 15.1. The van der Waals surface area contributed by atoms with E-state index in [4.69, 9.17) is 5.11 Å². The van der Waals surface area contributed by atoms with Crippen molar-refractivity contribution in [3.05, 3.63) is 58.9 Å². The van der Waals surface area contributed by atoms with Gasteiger partial charge in [-0.1, -0.05) is 0 Å². The van der Waals surface area contributed by atoms with E-state index in [0.29, 0.717) is 5.56 Å². The molecule has 3 aromatic rings. The highest BCUT2D eigenvalue weighted by Gasteiger charge is 2.10. The Labute approximate surface area is 122 Å². The van der Waals surface area contributed by atoms with Gasteiger partial charge in [0, 0.05) is 5.69 Å². The van der Waals surface area contributed by atoms with Gasteiger partial charge in [0.15, 0.2) is 0 Å². The summed E-state index contributed by atoms with van der Waals surface area (Å²) in [5.41, 5.74) is 6.39. The van der Waals surface area contributed by atoms with Crippen LogP contribution < -0.4 is 0 Å². The summed E-state index contributed by atoms with van der Waals surface area (Å²) in [4.78, 5) is 15.5. The van der Waals surface area contributed by atoms with E-state index in [0.717, 1.165) is 22.3 Å². The molecule has 0 amide bonds. The largest absolute Gasteiger partial charge is 0.478 e. The number of carbonyl (C=O) groups is 1. The number of benzene rings is 2. The number of fused-ring (bicyclic) bond motifs is 1. The number of carboxylic acids is 1. The molecule has 0 atom stereocenters. The molecule has 4 nitrogen and oxygen atoms in total. The molecule has 2 aromatic carbocycles. The van der Waals surface area contributed by atoms with E-state index < -0.39 is 5.97 Å². The number of imidazole rings is 1. The Hall–Kier alpha value is -2.62. The van der Waals surface area contributed by atoms with E-state index in [1.54, 1.807) is 12.4 Å². The number of aryl methyl sites for hydroxylation is 3. The molecule has 1 heterocycles. The van der Waals surface area contributed by atoms with Gasteiger partial charge in [0.25, 0.3) is 0 Å². The van der Waals surface area contributed by atoms with E-state index in [9.17, 15) is 4.79 Å². The van der Waals surface area contributed by atoms with Crippen molar-refractivity contribution in [1.29, 1.82) is 0 Å². The van der Waals surface area contributed by atoms with Gasteiger partial charge in [-0.05, 0) is 67.8 Å². The first-order valence-corrected chi connectivity index (χ1v) is 6.76. The first-order valence-electron chi connectivity index (χ1n) is 6.76. The smallest absolute Gasteiger partial charge is 0.335 e. The monoisotopic (exact) mass is 280 g/mol. The number of aromatic nitrogens is 2. The molecule has 106 valence electrons. The minimum atomic E-state index is -0.902. The van der Waals surface area contributed by atoms with Crippen molar-refractivity contribution in [2.24, 2.45) is 0 Å². The lowest BCUT2D eigenvalue weighted by atomic mass is 10.1. The lowest BCUT2D eigenvalue weighted by molar-refractivity contribution is 0.0696. The molecule has 0 unspecified atom stereocenters. The van der Waals surface area contributed by atoms with Crippen LogP contribution in [0.1, 0.15) is 27.0 Å². The molecule has 0 spiro atoms.